The van der Waals surface area contributed by atoms with Gasteiger partial charge in [-0.2, -0.15) is 0 Å². The van der Waals surface area contributed by atoms with Crippen molar-refractivity contribution in [2.24, 2.45) is 23.3 Å². The van der Waals surface area contributed by atoms with Gasteiger partial charge < -0.3 is 22.1 Å². The maximum atomic E-state index is 11.7. The molecule has 124 valence electrons. The average Bonchev–Trinajstić information content (AvgIpc) is 2.36. The normalized spacial score (nSPS) is 14.1. The minimum Gasteiger partial charge on any atom is -0.355 e. The Morgan fingerprint density at radius 1 is 0.810 bits per heavy atom. The Balaban J connectivity index is 3.72. The molecule has 21 heavy (non-hydrogen) atoms. The quantitative estimate of drug-likeness (QED) is 0.436. The summed E-state index contributed by atoms with van der Waals surface area (Å²) >= 11 is 0. The average molecular weight is 300 g/mol. The third kappa shape index (κ3) is 10.3. The predicted octanol–water partition coefficient (Wildman–Crippen LogP) is 0.356. The van der Waals surface area contributed by atoms with E-state index < -0.39 is 12.1 Å². The molecule has 0 spiro atoms. The number of nitrogens with one attached hydrogen (secondary N) is 2. The van der Waals surface area contributed by atoms with Crippen LogP contribution in [0.4, 0.5) is 0 Å². The van der Waals surface area contributed by atoms with E-state index in [0.29, 0.717) is 44.2 Å². The van der Waals surface area contributed by atoms with E-state index in [1.54, 1.807) is 0 Å². The molecule has 0 rings (SSSR count). The van der Waals surface area contributed by atoms with Crippen LogP contribution in [0.1, 0.15) is 47.0 Å². The highest BCUT2D eigenvalue weighted by atomic mass is 16.2. The van der Waals surface area contributed by atoms with Crippen molar-refractivity contribution < 1.29 is 9.59 Å². The summed E-state index contributed by atoms with van der Waals surface area (Å²) < 4.78 is 0. The largest absolute Gasteiger partial charge is 0.355 e. The summed E-state index contributed by atoms with van der Waals surface area (Å²) in [6.07, 6.45) is 2.01. The Labute approximate surface area is 128 Å². The van der Waals surface area contributed by atoms with Gasteiger partial charge >= 0.3 is 0 Å². The lowest BCUT2D eigenvalue weighted by Crippen LogP contribution is -2.44. The Morgan fingerprint density at radius 3 is 1.43 bits per heavy atom. The van der Waals surface area contributed by atoms with Crippen LogP contribution in [-0.4, -0.2) is 37.0 Å². The molecule has 0 aromatic rings. The smallest absolute Gasteiger partial charge is 0.236 e. The van der Waals surface area contributed by atoms with Gasteiger partial charge in [0, 0.05) is 13.1 Å². The van der Waals surface area contributed by atoms with Crippen LogP contribution in [0.15, 0.2) is 0 Å². The standard InChI is InChI=1S/C15H32N4O2/c1-10(2)8-12(16)14(20)18-6-5-7-19-15(21)13(17)9-11(3)4/h10-13H,5-9,16-17H2,1-4H3,(H,18,20)(H,19,21)/t12-,13-/m0/s1. The molecular formula is C15H32N4O2. The lowest BCUT2D eigenvalue weighted by atomic mass is 10.0. The van der Waals surface area contributed by atoms with Crippen molar-refractivity contribution >= 4 is 11.8 Å². The molecule has 0 bridgehead atoms. The van der Waals surface area contributed by atoms with Gasteiger partial charge in [-0.15, -0.1) is 0 Å². The zero-order chi connectivity index (χ0) is 16.4. The second kappa shape index (κ2) is 10.6. The van der Waals surface area contributed by atoms with Crippen LogP contribution in [0.2, 0.25) is 0 Å². The zero-order valence-electron chi connectivity index (χ0n) is 13.8. The van der Waals surface area contributed by atoms with Crippen LogP contribution in [0, 0.1) is 11.8 Å². The third-order valence-electron chi connectivity index (χ3n) is 3.08. The molecule has 0 fully saturated rings. The molecule has 6 nitrogen and oxygen atoms in total. The Hall–Kier alpha value is -1.14. The third-order valence-corrected chi connectivity index (χ3v) is 3.08. The molecule has 0 unspecified atom stereocenters. The van der Waals surface area contributed by atoms with Crippen molar-refractivity contribution in [3.63, 3.8) is 0 Å². The Kier molecular flexibility index (Phi) is 9.99. The molecule has 2 atom stereocenters. The van der Waals surface area contributed by atoms with E-state index in [4.69, 9.17) is 11.5 Å². The molecule has 0 aliphatic heterocycles. The fraction of sp³-hybridized carbons (Fsp3) is 0.867. The molecule has 0 heterocycles. The summed E-state index contributed by atoms with van der Waals surface area (Å²) in [6.45, 7) is 9.13. The van der Waals surface area contributed by atoms with Crippen molar-refractivity contribution in [3.8, 4) is 0 Å². The van der Waals surface area contributed by atoms with Crippen molar-refractivity contribution in [1.29, 1.82) is 0 Å². The first-order valence-corrected chi connectivity index (χ1v) is 7.80. The van der Waals surface area contributed by atoms with Gasteiger partial charge in [0.25, 0.3) is 0 Å². The lowest BCUT2D eigenvalue weighted by molar-refractivity contribution is -0.122. The van der Waals surface area contributed by atoms with Gasteiger partial charge in [0.05, 0.1) is 12.1 Å². The molecule has 6 N–H and O–H groups in total. The van der Waals surface area contributed by atoms with Gasteiger partial charge in [-0.3, -0.25) is 9.59 Å². The first-order chi connectivity index (χ1) is 9.73. The number of hydrogen-bond acceptors (Lipinski definition) is 4. The molecule has 0 aromatic heterocycles. The van der Waals surface area contributed by atoms with E-state index >= 15 is 0 Å². The number of rotatable bonds is 10. The monoisotopic (exact) mass is 300 g/mol. The lowest BCUT2D eigenvalue weighted by Gasteiger charge is -2.15. The molecule has 0 aromatic carbocycles. The highest BCUT2D eigenvalue weighted by molar-refractivity contribution is 5.82. The zero-order valence-corrected chi connectivity index (χ0v) is 13.8. The van der Waals surface area contributed by atoms with Crippen LogP contribution in [-0.2, 0) is 9.59 Å². The summed E-state index contributed by atoms with van der Waals surface area (Å²) in [5.41, 5.74) is 11.5. The van der Waals surface area contributed by atoms with E-state index in [1.807, 2.05) is 27.7 Å². The van der Waals surface area contributed by atoms with Gasteiger partial charge in [0.2, 0.25) is 11.8 Å². The Bertz CT molecular complexity index is 289. The van der Waals surface area contributed by atoms with Crippen LogP contribution in [0.3, 0.4) is 0 Å². The van der Waals surface area contributed by atoms with Crippen LogP contribution in [0.25, 0.3) is 0 Å². The van der Waals surface area contributed by atoms with Gasteiger partial charge in [-0.1, -0.05) is 27.7 Å². The van der Waals surface area contributed by atoms with Crippen LogP contribution in [0.5, 0.6) is 0 Å². The van der Waals surface area contributed by atoms with E-state index in [2.05, 4.69) is 10.6 Å². The van der Waals surface area contributed by atoms with E-state index in [0.717, 1.165) is 0 Å². The van der Waals surface area contributed by atoms with Crippen LogP contribution >= 0.6 is 0 Å². The van der Waals surface area contributed by atoms with Gasteiger partial charge in [0.1, 0.15) is 0 Å². The molecule has 0 aliphatic carbocycles. The fourth-order valence-corrected chi connectivity index (χ4v) is 2.00. The fourth-order valence-electron chi connectivity index (χ4n) is 2.00. The maximum Gasteiger partial charge on any atom is 0.236 e. The van der Waals surface area contributed by atoms with Crippen molar-refractivity contribution in [1.82, 2.24) is 10.6 Å². The van der Waals surface area contributed by atoms with Gasteiger partial charge in [0.15, 0.2) is 0 Å². The van der Waals surface area contributed by atoms with Gasteiger partial charge in [-0.05, 0) is 31.1 Å². The summed E-state index contributed by atoms with van der Waals surface area (Å²) in [7, 11) is 0. The molecule has 0 saturated heterocycles. The second-order valence-electron chi connectivity index (χ2n) is 6.41. The van der Waals surface area contributed by atoms with Crippen molar-refractivity contribution in [2.75, 3.05) is 13.1 Å². The summed E-state index contributed by atoms with van der Waals surface area (Å²) in [5, 5.41) is 5.55. The minimum absolute atomic E-state index is 0.133. The SMILES string of the molecule is CC(C)C[C@H](N)C(=O)NCCCNC(=O)[C@@H](N)CC(C)C. The summed E-state index contributed by atoms with van der Waals surface area (Å²) in [5.74, 6) is 0.526. The number of nitrogens with two attached hydrogens (primary N) is 2. The molecule has 6 heteroatoms. The topological polar surface area (TPSA) is 110 Å². The molecule has 0 aliphatic rings. The number of carbonyl (C=O) groups excluding carboxylic acids is 2. The maximum absolute atomic E-state index is 11.7. The van der Waals surface area contributed by atoms with Gasteiger partial charge in [-0.25, -0.2) is 0 Å². The number of hydrogen-bond donors (Lipinski definition) is 4. The second-order valence-corrected chi connectivity index (χ2v) is 6.41. The summed E-state index contributed by atoms with van der Waals surface area (Å²) in [6, 6.07) is -0.918. The van der Waals surface area contributed by atoms with Crippen molar-refractivity contribution in [2.45, 2.75) is 59.0 Å². The van der Waals surface area contributed by atoms with E-state index in [-0.39, 0.29) is 11.8 Å². The molecule has 2 amide bonds. The molecule has 0 radical (unpaired) electrons. The minimum atomic E-state index is -0.459. The molecule has 0 saturated carbocycles. The first-order valence-electron chi connectivity index (χ1n) is 7.80. The highest BCUT2D eigenvalue weighted by Crippen LogP contribution is 2.03. The van der Waals surface area contributed by atoms with E-state index in [1.165, 1.54) is 0 Å². The highest BCUT2D eigenvalue weighted by Gasteiger charge is 2.15. The van der Waals surface area contributed by atoms with Crippen molar-refractivity contribution in [3.05, 3.63) is 0 Å². The van der Waals surface area contributed by atoms with E-state index in [9.17, 15) is 9.59 Å². The van der Waals surface area contributed by atoms with Crippen LogP contribution < -0.4 is 22.1 Å². The predicted molar refractivity (Wildman–Crippen MR) is 85.5 cm³/mol. The number of amides is 2. The molecular weight excluding hydrogens is 268 g/mol. The summed E-state index contributed by atoms with van der Waals surface area (Å²) in [4.78, 5) is 23.3. The number of carbonyl (C=O) groups is 2. The Morgan fingerprint density at radius 2 is 1.14 bits per heavy atom. The first kappa shape index (κ1) is 19.9.